The maximum atomic E-state index is 9.78. The zero-order chi connectivity index (χ0) is 36.6. The smallest absolute Gasteiger partial charge is 0.164 e. The highest BCUT2D eigenvalue weighted by Gasteiger charge is 2.52. The van der Waals surface area contributed by atoms with Crippen LogP contribution in [0.1, 0.15) is 71.9 Å². The van der Waals surface area contributed by atoms with E-state index in [1.54, 1.807) is 0 Å². The van der Waals surface area contributed by atoms with Crippen molar-refractivity contribution >= 4 is 0 Å². The van der Waals surface area contributed by atoms with Crippen LogP contribution in [0.3, 0.4) is 0 Å². The van der Waals surface area contributed by atoms with Crippen LogP contribution in [0.25, 0.3) is 45.3 Å². The molecule has 5 aliphatic carbocycles. The molecule has 0 saturated heterocycles. The molecule has 6 aromatic carbocycles. The zero-order valence-corrected chi connectivity index (χ0v) is 30.7. The summed E-state index contributed by atoms with van der Waals surface area (Å²) in [5, 5.41) is 9.78. The highest BCUT2D eigenvalue weighted by molar-refractivity contribution is 5.92. The normalized spacial score (nSPS) is 24.2. The van der Waals surface area contributed by atoms with Crippen molar-refractivity contribution in [3.63, 3.8) is 0 Å². The molecule has 0 radical (unpaired) electrons. The minimum Gasteiger partial charge on any atom is -0.208 e. The lowest BCUT2D eigenvalue weighted by molar-refractivity contribution is -0.00518. The number of fused-ring (bicyclic) bond motifs is 3. The van der Waals surface area contributed by atoms with Gasteiger partial charge in [-0.3, -0.25) is 0 Å². The first kappa shape index (κ1) is 32.3. The Bertz CT molecular complexity index is 2590. The second kappa shape index (κ2) is 12.4. The lowest BCUT2D eigenvalue weighted by atomic mass is 9.48. The van der Waals surface area contributed by atoms with Gasteiger partial charge in [-0.1, -0.05) is 140 Å². The first-order chi connectivity index (χ1) is 27.1. The van der Waals surface area contributed by atoms with Gasteiger partial charge in [0.2, 0.25) is 0 Å². The average Bonchev–Trinajstić information content (AvgIpc) is 3.55. The zero-order valence-electron chi connectivity index (χ0n) is 30.7. The van der Waals surface area contributed by atoms with Gasteiger partial charge in [0.15, 0.2) is 17.5 Å². The largest absolute Gasteiger partial charge is 0.208 e. The molecule has 1 aromatic heterocycles. The summed E-state index contributed by atoms with van der Waals surface area (Å²) in [7, 11) is 0. The van der Waals surface area contributed by atoms with Gasteiger partial charge in [-0.05, 0) is 113 Å². The van der Waals surface area contributed by atoms with Crippen molar-refractivity contribution in [3.8, 4) is 51.4 Å². The van der Waals surface area contributed by atoms with E-state index in [9.17, 15) is 5.26 Å². The van der Waals surface area contributed by atoms with E-state index in [0.717, 1.165) is 56.7 Å². The maximum Gasteiger partial charge on any atom is 0.164 e. The van der Waals surface area contributed by atoms with Crippen molar-refractivity contribution < 1.29 is 0 Å². The van der Waals surface area contributed by atoms with Crippen LogP contribution >= 0.6 is 0 Å². The molecule has 12 rings (SSSR count). The molecular weight excluding hydrogens is 669 g/mol. The molecular formula is C51H40N4. The maximum absolute atomic E-state index is 9.78. The van der Waals surface area contributed by atoms with Gasteiger partial charge in [0, 0.05) is 16.7 Å². The first-order valence-electron chi connectivity index (χ1n) is 19.8. The second-order valence-corrected chi connectivity index (χ2v) is 16.5. The van der Waals surface area contributed by atoms with Gasteiger partial charge in [-0.15, -0.1) is 0 Å². The number of benzene rings is 6. The van der Waals surface area contributed by atoms with E-state index >= 15 is 0 Å². The number of hydrogen-bond donors (Lipinski definition) is 0. The van der Waals surface area contributed by atoms with E-state index in [2.05, 4.69) is 127 Å². The number of rotatable bonds is 6. The number of aromatic nitrogens is 3. The third-order valence-electron chi connectivity index (χ3n) is 13.4. The Kier molecular flexibility index (Phi) is 7.29. The van der Waals surface area contributed by atoms with Gasteiger partial charge in [-0.25, -0.2) is 15.0 Å². The summed E-state index contributed by atoms with van der Waals surface area (Å²) in [5.41, 5.74) is 11.6. The molecule has 7 aromatic rings. The van der Waals surface area contributed by atoms with Crippen molar-refractivity contribution in [2.45, 2.75) is 49.4 Å². The molecule has 4 bridgehead atoms. The van der Waals surface area contributed by atoms with Crippen molar-refractivity contribution in [3.05, 3.63) is 185 Å². The molecule has 1 atom stereocenters. The monoisotopic (exact) mass is 708 g/mol. The molecule has 0 N–H and O–H groups in total. The highest BCUT2D eigenvalue weighted by atomic mass is 15.0. The summed E-state index contributed by atoms with van der Waals surface area (Å²) in [6, 6.07) is 56.0. The molecule has 4 saturated carbocycles. The van der Waals surface area contributed by atoms with E-state index in [0.29, 0.717) is 28.5 Å². The van der Waals surface area contributed by atoms with Gasteiger partial charge >= 0.3 is 0 Å². The Balaban J connectivity index is 1.12. The van der Waals surface area contributed by atoms with Gasteiger partial charge in [0.25, 0.3) is 0 Å². The van der Waals surface area contributed by atoms with E-state index in [-0.39, 0.29) is 0 Å². The lowest BCUT2D eigenvalue weighted by Crippen LogP contribution is -2.48. The third-order valence-corrected chi connectivity index (χ3v) is 13.4. The number of nitrogens with zero attached hydrogens (tertiary/aromatic N) is 4. The minimum atomic E-state index is -0.684. The Morgan fingerprint density at radius 2 is 0.964 bits per heavy atom. The lowest BCUT2D eigenvalue weighted by Gasteiger charge is -2.57. The molecule has 0 spiro atoms. The fourth-order valence-electron chi connectivity index (χ4n) is 11.6. The summed E-state index contributed by atoms with van der Waals surface area (Å²) in [5.74, 6) is 4.68. The van der Waals surface area contributed by atoms with E-state index in [1.807, 2.05) is 30.3 Å². The second-order valence-electron chi connectivity index (χ2n) is 16.5. The van der Waals surface area contributed by atoms with Crippen LogP contribution in [0.4, 0.5) is 0 Å². The fourth-order valence-corrected chi connectivity index (χ4v) is 11.6. The van der Waals surface area contributed by atoms with Crippen molar-refractivity contribution in [2.75, 3.05) is 0 Å². The molecule has 0 amide bonds. The first-order valence-corrected chi connectivity index (χ1v) is 19.8. The Morgan fingerprint density at radius 1 is 0.455 bits per heavy atom. The molecule has 4 heteroatoms. The predicted octanol–water partition coefficient (Wildman–Crippen LogP) is 11.6. The molecule has 55 heavy (non-hydrogen) atoms. The average molecular weight is 709 g/mol. The summed E-state index contributed by atoms with van der Waals surface area (Å²) >= 11 is 0. The standard InChI is InChI=1S/C51H40N4/c52-32-33-18-22-41(23-19-33)51(40-12-5-2-6-13-40)45-17-8-7-14-42(45)43-15-9-16-44(46(43)51)49-54-47(37-10-3-1-4-11-37)53-48(55-49)38-20-24-39(25-21-38)50-29-34-26-35(30-50)28-36(27-34)31-50/h1-25,34-36H,26-31H2/t34-,35-,36-,50?,51?. The topological polar surface area (TPSA) is 62.5 Å². The summed E-state index contributed by atoms with van der Waals surface area (Å²) in [4.78, 5) is 15.8. The fraction of sp³-hybridized carbons (Fsp3) is 0.216. The third kappa shape index (κ3) is 4.99. The highest BCUT2D eigenvalue weighted by Crippen LogP contribution is 2.61. The van der Waals surface area contributed by atoms with Crippen molar-refractivity contribution in [2.24, 2.45) is 17.8 Å². The Morgan fingerprint density at radius 3 is 1.62 bits per heavy atom. The number of nitriles is 1. The predicted molar refractivity (Wildman–Crippen MR) is 218 cm³/mol. The van der Waals surface area contributed by atoms with Crippen LogP contribution in [0.15, 0.2) is 152 Å². The Labute approximate surface area is 322 Å². The summed E-state index contributed by atoms with van der Waals surface area (Å²) < 4.78 is 0. The molecule has 4 nitrogen and oxygen atoms in total. The molecule has 264 valence electrons. The van der Waals surface area contributed by atoms with E-state index in [1.165, 1.54) is 55.2 Å². The van der Waals surface area contributed by atoms with E-state index < -0.39 is 5.41 Å². The van der Waals surface area contributed by atoms with Crippen LogP contribution in [-0.4, -0.2) is 15.0 Å². The van der Waals surface area contributed by atoms with Gasteiger partial charge < -0.3 is 0 Å². The summed E-state index contributed by atoms with van der Waals surface area (Å²) in [6.07, 6.45) is 8.36. The SMILES string of the molecule is N#Cc1ccc(C2(c3ccccc3)c3ccccc3-c3cccc(-c4nc(-c5ccccc5)nc(-c5ccc(C67C[C@H]8C[C@H](C6)C[C@@H](C7)C8)cc5)n4)c32)cc1. The quantitative estimate of drug-likeness (QED) is 0.172. The van der Waals surface area contributed by atoms with Crippen LogP contribution in [0.5, 0.6) is 0 Å². The molecule has 0 aliphatic heterocycles. The van der Waals surface area contributed by atoms with Gasteiger partial charge in [-0.2, -0.15) is 5.26 Å². The van der Waals surface area contributed by atoms with E-state index in [4.69, 9.17) is 15.0 Å². The van der Waals surface area contributed by atoms with Crippen molar-refractivity contribution in [1.29, 1.82) is 5.26 Å². The minimum absolute atomic E-state index is 0.332. The van der Waals surface area contributed by atoms with Gasteiger partial charge in [0.05, 0.1) is 17.0 Å². The van der Waals surface area contributed by atoms with Crippen LogP contribution < -0.4 is 0 Å². The van der Waals surface area contributed by atoms with Crippen LogP contribution in [0, 0.1) is 29.1 Å². The van der Waals surface area contributed by atoms with Crippen LogP contribution in [-0.2, 0) is 10.8 Å². The van der Waals surface area contributed by atoms with Crippen molar-refractivity contribution in [1.82, 2.24) is 15.0 Å². The number of hydrogen-bond acceptors (Lipinski definition) is 4. The summed E-state index contributed by atoms with van der Waals surface area (Å²) in [6.45, 7) is 0. The Hall–Kier alpha value is -6.18. The molecule has 5 aliphatic rings. The molecule has 4 fully saturated rings. The van der Waals surface area contributed by atoms with Gasteiger partial charge in [0.1, 0.15) is 0 Å². The molecule has 1 unspecified atom stereocenters. The van der Waals surface area contributed by atoms with Crippen LogP contribution in [0.2, 0.25) is 0 Å². The molecule has 1 heterocycles.